The molecule has 130 valence electrons. The highest BCUT2D eigenvalue weighted by Crippen LogP contribution is 2.15. The number of carbonyl (C=O) groups excluding carboxylic acids is 1. The van der Waals surface area contributed by atoms with E-state index in [1.54, 1.807) is 0 Å². The molecule has 3 N–H and O–H groups in total. The summed E-state index contributed by atoms with van der Waals surface area (Å²) in [5, 5.41) is 2.96. The zero-order valence-electron chi connectivity index (χ0n) is 14.5. The van der Waals surface area contributed by atoms with Crippen molar-refractivity contribution in [3.63, 3.8) is 0 Å². The van der Waals surface area contributed by atoms with Gasteiger partial charge in [0.15, 0.2) is 0 Å². The highest BCUT2D eigenvalue weighted by Gasteiger charge is 2.05. The van der Waals surface area contributed by atoms with Crippen molar-refractivity contribution in [2.75, 3.05) is 0 Å². The molecule has 25 heavy (non-hydrogen) atoms. The summed E-state index contributed by atoms with van der Waals surface area (Å²) in [6, 6.07) is 16.4. The standard InChI is InChI=1S/C20H24N4O/c1-15(21)9-10-20(25)22-12-16-5-4-6-17(11-16)13-24-14-23-18-7-2-3-8-19(18)24/h2-8,11,14-15H,9-10,12-13,21H2,1H3,(H,22,25). The number of para-hydroxylation sites is 2. The van der Waals surface area contributed by atoms with E-state index in [0.717, 1.165) is 23.1 Å². The molecule has 0 aliphatic carbocycles. The first-order chi connectivity index (χ1) is 12.1. The summed E-state index contributed by atoms with van der Waals surface area (Å²) in [7, 11) is 0. The third kappa shape index (κ3) is 4.67. The summed E-state index contributed by atoms with van der Waals surface area (Å²) >= 11 is 0. The van der Waals surface area contributed by atoms with Crippen molar-refractivity contribution in [1.29, 1.82) is 0 Å². The van der Waals surface area contributed by atoms with Crippen molar-refractivity contribution < 1.29 is 4.79 Å². The lowest BCUT2D eigenvalue weighted by atomic mass is 10.1. The molecule has 0 saturated heterocycles. The summed E-state index contributed by atoms with van der Waals surface area (Å²) in [6.45, 7) is 3.21. The number of fused-ring (bicyclic) bond motifs is 1. The van der Waals surface area contributed by atoms with Gasteiger partial charge in [-0.3, -0.25) is 4.79 Å². The molecule has 3 aromatic rings. The molecular weight excluding hydrogens is 312 g/mol. The molecule has 1 heterocycles. The van der Waals surface area contributed by atoms with Gasteiger partial charge < -0.3 is 15.6 Å². The van der Waals surface area contributed by atoms with Crippen LogP contribution in [0.1, 0.15) is 30.9 Å². The molecule has 0 bridgehead atoms. The minimum absolute atomic E-state index is 0.0447. The van der Waals surface area contributed by atoms with Crippen LogP contribution < -0.4 is 11.1 Å². The van der Waals surface area contributed by atoms with Crippen molar-refractivity contribution in [2.45, 2.75) is 38.9 Å². The summed E-state index contributed by atoms with van der Waals surface area (Å²) in [5.41, 5.74) is 10.1. The fourth-order valence-electron chi connectivity index (χ4n) is 2.82. The molecule has 1 unspecified atom stereocenters. The Kier molecular flexibility index (Phi) is 5.46. The van der Waals surface area contributed by atoms with Gasteiger partial charge in [0.25, 0.3) is 0 Å². The molecule has 1 aromatic heterocycles. The lowest BCUT2D eigenvalue weighted by molar-refractivity contribution is -0.121. The van der Waals surface area contributed by atoms with E-state index >= 15 is 0 Å². The van der Waals surface area contributed by atoms with Gasteiger partial charge in [-0.25, -0.2) is 4.98 Å². The third-order valence-electron chi connectivity index (χ3n) is 4.19. The maximum atomic E-state index is 11.8. The number of hydrogen-bond acceptors (Lipinski definition) is 3. The maximum Gasteiger partial charge on any atom is 0.220 e. The first-order valence-electron chi connectivity index (χ1n) is 8.62. The van der Waals surface area contributed by atoms with E-state index in [-0.39, 0.29) is 11.9 Å². The topological polar surface area (TPSA) is 72.9 Å². The average molecular weight is 336 g/mol. The second kappa shape index (κ2) is 7.94. The highest BCUT2D eigenvalue weighted by molar-refractivity contribution is 5.76. The molecular formula is C20H24N4O. The maximum absolute atomic E-state index is 11.8. The molecule has 0 aliphatic heterocycles. The number of nitrogens with two attached hydrogens (primary N) is 1. The Morgan fingerprint density at radius 2 is 2.00 bits per heavy atom. The predicted octanol–water partition coefficient (Wildman–Crippen LogP) is 2.83. The van der Waals surface area contributed by atoms with Gasteiger partial charge in [0.2, 0.25) is 5.91 Å². The predicted molar refractivity (Wildman–Crippen MR) is 100 cm³/mol. The van der Waals surface area contributed by atoms with E-state index in [0.29, 0.717) is 19.4 Å². The fourth-order valence-corrected chi connectivity index (χ4v) is 2.82. The smallest absolute Gasteiger partial charge is 0.220 e. The Balaban J connectivity index is 1.62. The summed E-state index contributed by atoms with van der Waals surface area (Å²) < 4.78 is 2.13. The lowest BCUT2D eigenvalue weighted by Gasteiger charge is -2.09. The molecule has 0 radical (unpaired) electrons. The third-order valence-corrected chi connectivity index (χ3v) is 4.19. The largest absolute Gasteiger partial charge is 0.352 e. The number of amides is 1. The van der Waals surface area contributed by atoms with Crippen LogP contribution in [0.3, 0.4) is 0 Å². The Hall–Kier alpha value is -2.66. The van der Waals surface area contributed by atoms with Crippen molar-refractivity contribution >= 4 is 16.9 Å². The van der Waals surface area contributed by atoms with Gasteiger partial charge in [-0.05, 0) is 36.6 Å². The van der Waals surface area contributed by atoms with Gasteiger partial charge in [0.1, 0.15) is 0 Å². The lowest BCUT2D eigenvalue weighted by Crippen LogP contribution is -2.25. The molecule has 0 saturated carbocycles. The Morgan fingerprint density at radius 3 is 2.84 bits per heavy atom. The van der Waals surface area contributed by atoms with Gasteiger partial charge in [-0.2, -0.15) is 0 Å². The van der Waals surface area contributed by atoms with Crippen LogP contribution in [0.15, 0.2) is 54.9 Å². The molecule has 1 atom stereocenters. The first kappa shape index (κ1) is 17.2. The molecule has 1 amide bonds. The zero-order chi connectivity index (χ0) is 17.6. The zero-order valence-corrected chi connectivity index (χ0v) is 14.5. The minimum Gasteiger partial charge on any atom is -0.352 e. The van der Waals surface area contributed by atoms with Gasteiger partial charge in [-0.1, -0.05) is 36.4 Å². The van der Waals surface area contributed by atoms with Gasteiger partial charge in [0, 0.05) is 25.6 Å². The number of aromatic nitrogens is 2. The molecule has 5 nitrogen and oxygen atoms in total. The minimum atomic E-state index is 0.0447. The van der Waals surface area contributed by atoms with Crippen molar-refractivity contribution in [3.05, 3.63) is 66.0 Å². The summed E-state index contributed by atoms with van der Waals surface area (Å²) in [6.07, 6.45) is 3.05. The van der Waals surface area contributed by atoms with Crippen molar-refractivity contribution in [1.82, 2.24) is 14.9 Å². The SMILES string of the molecule is CC(N)CCC(=O)NCc1cccc(Cn2cnc3ccccc32)c1. The van der Waals surface area contributed by atoms with Crippen LogP contribution in [0.25, 0.3) is 11.0 Å². The number of hydrogen-bond donors (Lipinski definition) is 2. The number of nitrogens with zero attached hydrogens (tertiary/aromatic N) is 2. The Morgan fingerprint density at radius 1 is 1.20 bits per heavy atom. The summed E-state index contributed by atoms with van der Waals surface area (Å²) in [5.74, 6) is 0.0447. The van der Waals surface area contributed by atoms with Gasteiger partial charge >= 0.3 is 0 Å². The second-order valence-electron chi connectivity index (χ2n) is 6.47. The van der Waals surface area contributed by atoms with Crippen LogP contribution in [-0.2, 0) is 17.9 Å². The van der Waals surface area contributed by atoms with Crippen LogP contribution in [-0.4, -0.2) is 21.5 Å². The molecule has 2 aromatic carbocycles. The van der Waals surface area contributed by atoms with Gasteiger partial charge in [-0.15, -0.1) is 0 Å². The number of carbonyl (C=O) groups is 1. The van der Waals surface area contributed by atoms with Crippen LogP contribution in [0.4, 0.5) is 0 Å². The Labute approximate surface area is 147 Å². The number of rotatable bonds is 7. The van der Waals surface area contributed by atoms with E-state index in [1.165, 1.54) is 5.56 Å². The number of nitrogens with one attached hydrogen (secondary N) is 1. The number of benzene rings is 2. The van der Waals surface area contributed by atoms with Crippen LogP contribution in [0.5, 0.6) is 0 Å². The highest BCUT2D eigenvalue weighted by atomic mass is 16.1. The van der Waals surface area contributed by atoms with E-state index in [1.807, 2.05) is 43.6 Å². The molecule has 0 aliphatic rings. The molecule has 3 rings (SSSR count). The van der Waals surface area contributed by atoms with Crippen LogP contribution >= 0.6 is 0 Å². The van der Waals surface area contributed by atoms with Gasteiger partial charge in [0.05, 0.1) is 17.4 Å². The van der Waals surface area contributed by atoms with E-state index in [4.69, 9.17) is 5.73 Å². The average Bonchev–Trinajstić information content (AvgIpc) is 3.02. The molecule has 5 heteroatoms. The van der Waals surface area contributed by atoms with Crippen LogP contribution in [0.2, 0.25) is 0 Å². The molecule has 0 spiro atoms. The van der Waals surface area contributed by atoms with E-state index in [9.17, 15) is 4.79 Å². The monoisotopic (exact) mass is 336 g/mol. The van der Waals surface area contributed by atoms with Crippen molar-refractivity contribution in [2.24, 2.45) is 5.73 Å². The number of imidazole rings is 1. The normalized spacial score (nSPS) is 12.2. The summed E-state index contributed by atoms with van der Waals surface area (Å²) in [4.78, 5) is 16.3. The van der Waals surface area contributed by atoms with Crippen LogP contribution in [0, 0.1) is 0 Å². The Bertz CT molecular complexity index is 854. The fraction of sp³-hybridized carbons (Fsp3) is 0.300. The molecule has 0 fully saturated rings. The van der Waals surface area contributed by atoms with E-state index in [2.05, 4.69) is 33.1 Å². The first-order valence-corrected chi connectivity index (χ1v) is 8.62. The second-order valence-corrected chi connectivity index (χ2v) is 6.47. The van der Waals surface area contributed by atoms with Crippen molar-refractivity contribution in [3.8, 4) is 0 Å². The quantitative estimate of drug-likeness (QED) is 0.697. The van der Waals surface area contributed by atoms with E-state index < -0.39 is 0 Å².